The molecule has 6 heteroatoms. The highest BCUT2D eigenvalue weighted by molar-refractivity contribution is 5.95. The fourth-order valence-electron chi connectivity index (χ4n) is 2.61. The molecule has 1 fully saturated rings. The average molecular weight is 313 g/mol. The molecule has 1 unspecified atom stereocenters. The minimum absolute atomic E-state index is 0.188. The fraction of sp³-hybridized carbons (Fsp3) is 0.176. The molecular formula is C17H16FN3O2. The monoisotopic (exact) mass is 313 g/mol. The Morgan fingerprint density at radius 3 is 2.57 bits per heavy atom. The van der Waals surface area contributed by atoms with Gasteiger partial charge >= 0.3 is 6.03 Å². The van der Waals surface area contributed by atoms with Crippen LogP contribution in [-0.2, 0) is 4.79 Å². The zero-order valence-corrected chi connectivity index (χ0v) is 12.3. The van der Waals surface area contributed by atoms with Crippen LogP contribution in [0.4, 0.5) is 14.9 Å². The van der Waals surface area contributed by atoms with Crippen molar-refractivity contribution >= 4 is 17.6 Å². The van der Waals surface area contributed by atoms with E-state index < -0.39 is 17.9 Å². The molecule has 1 heterocycles. The van der Waals surface area contributed by atoms with Gasteiger partial charge in [0.05, 0.1) is 0 Å². The summed E-state index contributed by atoms with van der Waals surface area (Å²) in [6.07, 6.45) is 0. The largest absolute Gasteiger partial charge is 0.352 e. The summed E-state index contributed by atoms with van der Waals surface area (Å²) >= 11 is 0. The topological polar surface area (TPSA) is 61.4 Å². The molecule has 0 aromatic heterocycles. The fourth-order valence-corrected chi connectivity index (χ4v) is 2.61. The molecule has 0 spiro atoms. The van der Waals surface area contributed by atoms with Gasteiger partial charge in [0.25, 0.3) is 0 Å². The maximum atomic E-state index is 14.1. The van der Waals surface area contributed by atoms with Crippen molar-refractivity contribution in [1.29, 1.82) is 0 Å². The Hall–Kier alpha value is -2.89. The number of nitrogens with zero attached hydrogens (tertiary/aromatic N) is 1. The second-order valence-electron chi connectivity index (χ2n) is 5.20. The second-order valence-corrected chi connectivity index (χ2v) is 5.20. The summed E-state index contributed by atoms with van der Waals surface area (Å²) < 4.78 is 14.1. The van der Waals surface area contributed by atoms with Crippen molar-refractivity contribution < 1.29 is 14.0 Å². The predicted octanol–water partition coefficient (Wildman–Crippen LogP) is 2.53. The van der Waals surface area contributed by atoms with Crippen molar-refractivity contribution in [2.75, 3.05) is 18.4 Å². The van der Waals surface area contributed by atoms with Gasteiger partial charge in [-0.25, -0.2) is 9.18 Å². The summed E-state index contributed by atoms with van der Waals surface area (Å²) in [6.45, 7) is 0.648. The number of piperazine rings is 1. The number of para-hydroxylation sites is 1. The summed E-state index contributed by atoms with van der Waals surface area (Å²) in [5.74, 6) is -0.892. The number of halogens is 1. The average Bonchev–Trinajstić information content (AvgIpc) is 2.56. The number of benzene rings is 2. The molecule has 0 bridgehead atoms. The number of hydrogen-bond acceptors (Lipinski definition) is 2. The van der Waals surface area contributed by atoms with Crippen molar-refractivity contribution in [3.05, 3.63) is 66.0 Å². The second kappa shape index (κ2) is 6.48. The first-order valence-corrected chi connectivity index (χ1v) is 7.31. The van der Waals surface area contributed by atoms with Crippen molar-refractivity contribution in [3.63, 3.8) is 0 Å². The molecule has 118 valence electrons. The van der Waals surface area contributed by atoms with Gasteiger partial charge in [-0.1, -0.05) is 36.4 Å². The lowest BCUT2D eigenvalue weighted by molar-refractivity contribution is -0.127. The third-order valence-corrected chi connectivity index (χ3v) is 3.70. The third kappa shape index (κ3) is 3.15. The summed E-state index contributed by atoms with van der Waals surface area (Å²) in [5, 5.41) is 5.42. The Morgan fingerprint density at radius 2 is 1.83 bits per heavy atom. The minimum Gasteiger partial charge on any atom is -0.352 e. The van der Waals surface area contributed by atoms with E-state index >= 15 is 0 Å². The van der Waals surface area contributed by atoms with E-state index in [9.17, 15) is 14.0 Å². The normalized spacial score (nSPS) is 17.5. The van der Waals surface area contributed by atoms with Crippen LogP contribution in [0, 0.1) is 5.82 Å². The quantitative estimate of drug-likeness (QED) is 0.895. The van der Waals surface area contributed by atoms with Crippen molar-refractivity contribution in [2.24, 2.45) is 0 Å². The summed E-state index contributed by atoms with van der Waals surface area (Å²) in [4.78, 5) is 26.1. The van der Waals surface area contributed by atoms with Crippen molar-refractivity contribution in [3.8, 4) is 0 Å². The summed E-state index contributed by atoms with van der Waals surface area (Å²) in [6, 6.07) is 13.5. The SMILES string of the molecule is O=C1NCCN(C(=O)Nc2ccccc2)C1c1ccccc1F. The smallest absolute Gasteiger partial charge is 0.322 e. The van der Waals surface area contributed by atoms with Crippen LogP contribution < -0.4 is 10.6 Å². The van der Waals surface area contributed by atoms with Gasteiger partial charge < -0.3 is 15.5 Å². The van der Waals surface area contributed by atoms with Crippen LogP contribution in [-0.4, -0.2) is 29.9 Å². The van der Waals surface area contributed by atoms with Gasteiger partial charge in [-0.15, -0.1) is 0 Å². The number of anilines is 1. The van der Waals surface area contributed by atoms with Gasteiger partial charge in [0, 0.05) is 24.3 Å². The van der Waals surface area contributed by atoms with E-state index in [1.807, 2.05) is 6.07 Å². The van der Waals surface area contributed by atoms with E-state index in [0.717, 1.165) is 0 Å². The number of nitrogens with one attached hydrogen (secondary N) is 2. The summed E-state index contributed by atoms with van der Waals surface area (Å²) in [5.41, 5.74) is 0.809. The molecule has 23 heavy (non-hydrogen) atoms. The van der Waals surface area contributed by atoms with Crippen LogP contribution in [0.3, 0.4) is 0 Å². The van der Waals surface area contributed by atoms with Gasteiger partial charge in [0.1, 0.15) is 11.9 Å². The van der Waals surface area contributed by atoms with E-state index in [-0.39, 0.29) is 11.5 Å². The molecule has 1 atom stereocenters. The van der Waals surface area contributed by atoms with Gasteiger partial charge in [0.2, 0.25) is 5.91 Å². The Labute approximate surface area is 133 Å². The maximum Gasteiger partial charge on any atom is 0.322 e. The minimum atomic E-state index is -0.978. The van der Waals surface area contributed by atoms with E-state index in [0.29, 0.717) is 18.8 Å². The molecule has 5 nitrogen and oxygen atoms in total. The number of hydrogen-bond donors (Lipinski definition) is 2. The number of amides is 3. The Morgan fingerprint density at radius 1 is 1.13 bits per heavy atom. The number of carbonyl (C=O) groups is 2. The Kier molecular flexibility index (Phi) is 4.23. The molecule has 0 saturated carbocycles. The van der Waals surface area contributed by atoms with E-state index in [1.165, 1.54) is 17.0 Å². The third-order valence-electron chi connectivity index (χ3n) is 3.70. The lowest BCUT2D eigenvalue weighted by atomic mass is 10.0. The molecule has 1 aliphatic heterocycles. The highest BCUT2D eigenvalue weighted by atomic mass is 19.1. The van der Waals surface area contributed by atoms with Crippen LogP contribution >= 0.6 is 0 Å². The first-order chi connectivity index (χ1) is 11.2. The highest BCUT2D eigenvalue weighted by Crippen LogP contribution is 2.26. The lowest BCUT2D eigenvalue weighted by Crippen LogP contribution is -2.53. The molecule has 3 amide bonds. The Bertz CT molecular complexity index is 721. The molecule has 2 N–H and O–H groups in total. The van der Waals surface area contributed by atoms with Gasteiger partial charge in [-0.2, -0.15) is 0 Å². The zero-order valence-electron chi connectivity index (χ0n) is 12.3. The van der Waals surface area contributed by atoms with Crippen molar-refractivity contribution in [2.45, 2.75) is 6.04 Å². The van der Waals surface area contributed by atoms with Gasteiger partial charge in [-0.05, 0) is 18.2 Å². The zero-order chi connectivity index (χ0) is 16.2. The molecule has 1 aliphatic rings. The maximum absolute atomic E-state index is 14.1. The van der Waals surface area contributed by atoms with Crippen LogP contribution in [0.15, 0.2) is 54.6 Å². The molecule has 1 saturated heterocycles. The van der Waals surface area contributed by atoms with E-state index in [2.05, 4.69) is 10.6 Å². The van der Waals surface area contributed by atoms with Crippen LogP contribution in [0.2, 0.25) is 0 Å². The number of urea groups is 1. The molecular weight excluding hydrogens is 297 g/mol. The van der Waals surface area contributed by atoms with Crippen molar-refractivity contribution in [1.82, 2.24) is 10.2 Å². The number of carbonyl (C=O) groups excluding carboxylic acids is 2. The molecule has 2 aromatic carbocycles. The van der Waals surface area contributed by atoms with E-state index in [4.69, 9.17) is 0 Å². The van der Waals surface area contributed by atoms with Crippen LogP contribution in [0.5, 0.6) is 0 Å². The van der Waals surface area contributed by atoms with Gasteiger partial charge in [-0.3, -0.25) is 4.79 Å². The highest BCUT2D eigenvalue weighted by Gasteiger charge is 2.35. The summed E-state index contributed by atoms with van der Waals surface area (Å²) in [7, 11) is 0. The van der Waals surface area contributed by atoms with Crippen LogP contribution in [0.25, 0.3) is 0 Å². The number of rotatable bonds is 2. The molecule has 0 aliphatic carbocycles. The molecule has 2 aromatic rings. The van der Waals surface area contributed by atoms with Gasteiger partial charge in [0.15, 0.2) is 0 Å². The standard InChI is InChI=1S/C17H16FN3O2/c18-14-9-5-4-8-13(14)15-16(22)19-10-11-21(15)17(23)20-12-6-2-1-3-7-12/h1-9,15H,10-11H2,(H,19,22)(H,20,23). The molecule has 3 rings (SSSR count). The Balaban J connectivity index is 1.88. The first kappa shape index (κ1) is 15.0. The lowest BCUT2D eigenvalue weighted by Gasteiger charge is -2.35. The van der Waals surface area contributed by atoms with Crippen LogP contribution in [0.1, 0.15) is 11.6 Å². The first-order valence-electron chi connectivity index (χ1n) is 7.31. The predicted molar refractivity (Wildman–Crippen MR) is 84.3 cm³/mol. The molecule has 0 radical (unpaired) electrons. The van der Waals surface area contributed by atoms with E-state index in [1.54, 1.807) is 36.4 Å².